The van der Waals surface area contributed by atoms with Crippen LogP contribution in [0.5, 0.6) is 46.0 Å². The van der Waals surface area contributed by atoms with Crippen molar-refractivity contribution in [1.82, 2.24) is 39.9 Å². The quantitative estimate of drug-likeness (QED) is 0.0265. The van der Waals surface area contributed by atoms with Crippen LogP contribution in [0.1, 0.15) is 381 Å². The van der Waals surface area contributed by atoms with E-state index in [1.807, 2.05) is 0 Å². The highest BCUT2D eigenvalue weighted by atomic mass is 16.5. The maximum Gasteiger partial charge on any atom is 0.161 e. The van der Waals surface area contributed by atoms with Crippen LogP contribution in [-0.4, -0.2) is 92.7 Å². The second-order valence-electron chi connectivity index (χ2n) is 39.4. The van der Waals surface area contributed by atoms with E-state index in [1.165, 1.54) is 205 Å². The molecule has 0 saturated carbocycles. The number of aromatic amines is 4. The Labute approximate surface area is 835 Å². The molecule has 18 rings (SSSR count). The zero-order valence-electron chi connectivity index (χ0n) is 85.1. The maximum absolute atomic E-state index is 6.97. The van der Waals surface area contributed by atoms with Gasteiger partial charge in [0.25, 0.3) is 0 Å². The molecule has 16 nitrogen and oxygen atoms in total. The molecule has 0 saturated heterocycles. The first kappa shape index (κ1) is 103. The van der Waals surface area contributed by atoms with Crippen molar-refractivity contribution in [3.8, 4) is 90.5 Å². The molecule has 140 heavy (non-hydrogen) atoms. The summed E-state index contributed by atoms with van der Waals surface area (Å²) in [5.41, 5.74) is 21.8. The van der Waals surface area contributed by atoms with Gasteiger partial charge in [-0.15, -0.1) is 0 Å². The zero-order valence-corrected chi connectivity index (χ0v) is 85.1. The first-order chi connectivity index (χ1) is 69.3. The highest BCUT2D eigenvalue weighted by Gasteiger charge is 2.23. The number of rotatable bonds is 48. The zero-order chi connectivity index (χ0) is 96.0. The first-order valence-corrected chi connectivity index (χ1v) is 55.1. The fourth-order valence-electron chi connectivity index (χ4n) is 19.9. The second kappa shape index (κ2) is 57.4. The summed E-state index contributed by atoms with van der Waals surface area (Å²) in [6, 6.07) is 51.5. The molecule has 0 spiro atoms. The Balaban J connectivity index is 0.752. The molecule has 4 N–H and O–H groups in total. The molecule has 10 aromatic rings. The average Bonchev–Trinajstić information content (AvgIpc) is 1.64. The molecule has 744 valence electrons. The Hall–Kier alpha value is -11.5. The Morgan fingerprint density at radius 1 is 0.214 bits per heavy atom. The molecule has 0 amide bonds. The van der Waals surface area contributed by atoms with Crippen molar-refractivity contribution in [2.75, 3.05) is 52.9 Å². The van der Waals surface area contributed by atoms with Crippen LogP contribution in [-0.2, 0) is 0 Å². The van der Waals surface area contributed by atoms with Gasteiger partial charge in [-0.1, -0.05) is 283 Å². The van der Waals surface area contributed by atoms with Crippen LogP contribution < -0.4 is 37.9 Å². The number of ether oxygens (including phenoxy) is 8. The maximum atomic E-state index is 6.97. The Morgan fingerprint density at radius 3 is 0.621 bits per heavy atom. The molecular formula is C124H160N8O8. The minimum absolute atomic E-state index is 0.520. The monoisotopic (exact) mass is 1890 g/mol. The SMILES string of the molecule is CCCCCCCCCCCCOc1ccc2cc1OCCCCCCOc1cc(ccc1OCCCCCCCCCCCC)-c1c3nc(cc4ccc([nH]4)c(c4nc(cc5ccc1[nH]5)C=C4)-c1ccc(OCCCCCCCCCCCC)c(c1)OCCCCCCOc1cc(ccc1OCCCCCCCCCCCC)-c1c4nc(cc5ccc([nH]5)c-2c2nc(cc5ccc1[nH]5)C=C2)C=C4)C=C3. The van der Waals surface area contributed by atoms with Crippen LogP contribution in [0.15, 0.2) is 146 Å². The molecule has 0 atom stereocenters. The summed E-state index contributed by atoms with van der Waals surface area (Å²) in [6.07, 6.45) is 74.4. The van der Waals surface area contributed by atoms with E-state index in [0.717, 1.165) is 283 Å². The van der Waals surface area contributed by atoms with Crippen LogP contribution in [0.2, 0.25) is 0 Å². The van der Waals surface area contributed by atoms with Gasteiger partial charge in [0.1, 0.15) is 0 Å². The fraction of sp³-hybridized carbons (Fsp3) is 0.484. The molecule has 0 fully saturated rings. The van der Waals surface area contributed by atoms with E-state index >= 15 is 0 Å². The number of hydrogen-bond donors (Lipinski definition) is 4. The number of unbranched alkanes of at least 4 members (excludes halogenated alkanes) is 36. The van der Waals surface area contributed by atoms with E-state index < -0.39 is 0 Å². The molecule has 16 heteroatoms. The lowest BCUT2D eigenvalue weighted by Crippen LogP contribution is -2.04. The van der Waals surface area contributed by atoms with Crippen LogP contribution >= 0.6 is 0 Å². The molecule has 0 aliphatic carbocycles. The highest BCUT2D eigenvalue weighted by Crippen LogP contribution is 2.44. The van der Waals surface area contributed by atoms with E-state index in [9.17, 15) is 0 Å². The van der Waals surface area contributed by atoms with Crippen molar-refractivity contribution >= 4 is 92.7 Å². The summed E-state index contributed by atoms with van der Waals surface area (Å²) in [5.74, 6) is 5.91. The van der Waals surface area contributed by atoms with E-state index in [2.05, 4.69) is 242 Å². The van der Waals surface area contributed by atoms with E-state index in [-0.39, 0.29) is 0 Å². The molecule has 6 aromatic heterocycles. The number of benzene rings is 4. The molecular weight excluding hydrogens is 1730 g/mol. The van der Waals surface area contributed by atoms with Gasteiger partial charge < -0.3 is 57.8 Å². The minimum atomic E-state index is 0.520. The third-order valence-electron chi connectivity index (χ3n) is 27.9. The molecule has 0 radical (unpaired) electrons. The van der Waals surface area contributed by atoms with Gasteiger partial charge in [-0.2, -0.15) is 0 Å². The summed E-state index contributed by atoms with van der Waals surface area (Å²) in [4.78, 5) is 37.0. The topological polar surface area (TPSA) is 189 Å². The van der Waals surface area contributed by atoms with Crippen LogP contribution in [0.25, 0.3) is 137 Å². The lowest BCUT2D eigenvalue weighted by molar-refractivity contribution is 0.251. The average molecular weight is 1890 g/mol. The van der Waals surface area contributed by atoms with Crippen molar-refractivity contribution < 1.29 is 37.9 Å². The summed E-state index contributed by atoms with van der Waals surface area (Å²) < 4.78 is 54.9. The molecule has 8 aliphatic heterocycles. The first-order valence-electron chi connectivity index (χ1n) is 55.1. The van der Waals surface area contributed by atoms with Gasteiger partial charge in [0.2, 0.25) is 0 Å². The lowest BCUT2D eigenvalue weighted by atomic mass is 10.0. The second-order valence-corrected chi connectivity index (χ2v) is 39.4. The largest absolute Gasteiger partial charge is 0.490 e. The Kier molecular flexibility index (Phi) is 42.2. The Bertz CT molecular complexity index is 5280. The van der Waals surface area contributed by atoms with Gasteiger partial charge in [0.05, 0.1) is 98.4 Å². The standard InChI is InChI=1S/C124H160N8O8/c1-5-9-13-17-21-25-29-33-37-45-77-133-113-73-53-93-85-117(113)137-81-49-41-42-50-82-138-118-86-94(54-74-114(118)134-78-46-38-34-30-26-22-18-14-10-6-2)123-109-69-61-101(129-109)91-103-63-71-111(131-103)124(112-72-64-104(132-112)92-102-62-70-110(123)130-102)96-56-76-116(136-80-48-40-36-32-28-24-20-16-12-8-4)120(88-96)140-84-52-44-43-51-83-139-119-87-95(55-75-115(119)135-79-47-39-35-31-27-23-19-15-11-7-3)122-107-67-59-99(127-107)89-97-57-65-105(125-97)121(93)106-66-58-98(126-106)90-100-60-68-108(122)128-100/h53-76,85-92,125,128-129,132H,5-52,77-84H2,1-4H3. The van der Waals surface area contributed by atoms with Crippen molar-refractivity contribution in [3.63, 3.8) is 0 Å². The Morgan fingerprint density at radius 2 is 0.414 bits per heavy atom. The lowest BCUT2D eigenvalue weighted by Gasteiger charge is -2.16. The number of H-pyrrole nitrogens is 4. The van der Waals surface area contributed by atoms with Crippen molar-refractivity contribution in [1.29, 1.82) is 0 Å². The van der Waals surface area contributed by atoms with Crippen molar-refractivity contribution in [2.45, 2.75) is 336 Å². The third-order valence-corrected chi connectivity index (χ3v) is 27.9. The third kappa shape index (κ3) is 31.7. The van der Waals surface area contributed by atoms with Crippen LogP contribution in [0.4, 0.5) is 0 Å². The predicted molar refractivity (Wildman–Crippen MR) is 588 cm³/mol. The van der Waals surface area contributed by atoms with Gasteiger partial charge in [0, 0.05) is 66.4 Å². The fourth-order valence-corrected chi connectivity index (χ4v) is 19.9. The van der Waals surface area contributed by atoms with Gasteiger partial charge in [-0.25, -0.2) is 19.9 Å². The van der Waals surface area contributed by atoms with Crippen LogP contribution in [0.3, 0.4) is 0 Å². The van der Waals surface area contributed by atoms with Gasteiger partial charge in [0.15, 0.2) is 46.0 Å². The van der Waals surface area contributed by atoms with E-state index in [1.54, 1.807) is 0 Å². The van der Waals surface area contributed by atoms with E-state index in [0.29, 0.717) is 52.9 Å². The molecule has 14 heterocycles. The number of hydrogen-bond acceptors (Lipinski definition) is 12. The molecule has 8 aliphatic rings. The molecule has 4 aromatic carbocycles. The van der Waals surface area contributed by atoms with Crippen LogP contribution in [0, 0.1) is 0 Å². The van der Waals surface area contributed by atoms with Crippen molar-refractivity contribution in [2.24, 2.45) is 0 Å². The van der Waals surface area contributed by atoms with E-state index in [4.69, 9.17) is 57.8 Å². The number of nitrogens with one attached hydrogen (secondary N) is 4. The van der Waals surface area contributed by atoms with Gasteiger partial charge >= 0.3 is 0 Å². The highest BCUT2D eigenvalue weighted by molar-refractivity contribution is 5.96. The summed E-state index contributed by atoms with van der Waals surface area (Å²) >= 11 is 0. The molecule has 28 bridgehead atoms. The van der Waals surface area contributed by atoms with Crippen molar-refractivity contribution in [3.05, 3.63) is 191 Å². The smallest absolute Gasteiger partial charge is 0.161 e. The normalized spacial score (nSPS) is 13.5. The minimum Gasteiger partial charge on any atom is -0.490 e. The number of aromatic nitrogens is 8. The summed E-state index contributed by atoms with van der Waals surface area (Å²) in [7, 11) is 0. The summed E-state index contributed by atoms with van der Waals surface area (Å²) in [5, 5.41) is 0. The summed E-state index contributed by atoms with van der Waals surface area (Å²) in [6.45, 7) is 13.7. The molecule has 0 unspecified atom stereocenters. The van der Waals surface area contributed by atoms with Gasteiger partial charge in [-0.05, 0) is 269 Å². The number of nitrogens with zero attached hydrogens (tertiary/aromatic N) is 4. The predicted octanol–water partition coefficient (Wildman–Crippen LogP) is 35.8. The van der Waals surface area contributed by atoms with Gasteiger partial charge in [-0.3, -0.25) is 0 Å².